The molecular formula is C44H38N2O2. The second-order valence-electron chi connectivity index (χ2n) is 13.3. The second-order valence-corrected chi connectivity index (χ2v) is 13.3. The zero-order valence-electron chi connectivity index (χ0n) is 27.4. The number of hydrogen-bond donors (Lipinski definition) is 0. The van der Waals surface area contributed by atoms with E-state index >= 15 is 0 Å². The van der Waals surface area contributed by atoms with Gasteiger partial charge < -0.3 is 18.6 Å². The fourth-order valence-corrected chi connectivity index (χ4v) is 8.13. The highest BCUT2D eigenvalue weighted by Gasteiger charge is 2.27. The quantitative estimate of drug-likeness (QED) is 0.184. The molecule has 1 fully saturated rings. The van der Waals surface area contributed by atoms with Crippen LogP contribution < -0.4 is 9.80 Å². The third-order valence-electron chi connectivity index (χ3n) is 10.7. The molecule has 48 heavy (non-hydrogen) atoms. The molecule has 0 radical (unpaired) electrons. The summed E-state index contributed by atoms with van der Waals surface area (Å²) >= 11 is 0. The van der Waals surface area contributed by atoms with Crippen molar-refractivity contribution in [2.24, 2.45) is 0 Å². The average molecular weight is 627 g/mol. The molecule has 1 aliphatic carbocycles. The van der Waals surface area contributed by atoms with Crippen LogP contribution in [0.2, 0.25) is 0 Å². The first-order valence-electron chi connectivity index (χ1n) is 17.1. The molecule has 0 bridgehead atoms. The predicted molar refractivity (Wildman–Crippen MR) is 200 cm³/mol. The summed E-state index contributed by atoms with van der Waals surface area (Å²) in [7, 11) is 4.33. The Morgan fingerprint density at radius 2 is 0.958 bits per heavy atom. The van der Waals surface area contributed by atoms with Gasteiger partial charge in [0.1, 0.15) is 11.2 Å². The van der Waals surface area contributed by atoms with Gasteiger partial charge in [0.25, 0.3) is 0 Å². The van der Waals surface area contributed by atoms with Crippen LogP contribution in [0.25, 0.3) is 43.9 Å². The first-order valence-corrected chi connectivity index (χ1v) is 17.1. The van der Waals surface area contributed by atoms with Crippen molar-refractivity contribution in [3.05, 3.63) is 145 Å². The van der Waals surface area contributed by atoms with Gasteiger partial charge in [-0.2, -0.15) is 0 Å². The van der Waals surface area contributed by atoms with E-state index in [1.165, 1.54) is 48.2 Å². The number of fused-ring (bicyclic) bond motifs is 6. The Hall–Kier alpha value is -5.48. The van der Waals surface area contributed by atoms with Crippen molar-refractivity contribution < 1.29 is 8.83 Å². The topological polar surface area (TPSA) is 32.8 Å². The summed E-state index contributed by atoms with van der Waals surface area (Å²) in [5.41, 5.74) is 11.2. The summed E-state index contributed by atoms with van der Waals surface area (Å²) in [6, 6.07) is 47.7. The van der Waals surface area contributed by atoms with E-state index in [0.29, 0.717) is 11.8 Å². The third-order valence-corrected chi connectivity index (χ3v) is 10.7. The molecule has 0 spiro atoms. The number of furan rings is 2. The average Bonchev–Trinajstić information content (AvgIpc) is 3.73. The Bertz CT molecular complexity index is 2430. The number of para-hydroxylation sites is 5. The monoisotopic (exact) mass is 626 g/mol. The van der Waals surface area contributed by atoms with E-state index in [-0.39, 0.29) is 0 Å². The number of hydrogen-bond acceptors (Lipinski definition) is 4. The highest BCUT2D eigenvalue weighted by molar-refractivity contribution is 6.10. The van der Waals surface area contributed by atoms with Crippen molar-refractivity contribution in [1.82, 2.24) is 0 Å². The molecular weight excluding hydrogens is 588 g/mol. The summed E-state index contributed by atoms with van der Waals surface area (Å²) in [5.74, 6) is 1.07. The van der Waals surface area contributed by atoms with Gasteiger partial charge in [-0.3, -0.25) is 0 Å². The van der Waals surface area contributed by atoms with Crippen LogP contribution in [0, 0.1) is 0 Å². The fourth-order valence-electron chi connectivity index (χ4n) is 8.13. The van der Waals surface area contributed by atoms with Crippen LogP contribution in [0.1, 0.15) is 48.6 Å². The SMILES string of the molecule is CN(c1cccc(C2CCC(c3ccccc3N(C)c3cccc4c3oc3ccccc34)CC2)c1)c1cccc2c1oc1ccccc12. The molecule has 0 N–H and O–H groups in total. The summed E-state index contributed by atoms with van der Waals surface area (Å²) in [6.45, 7) is 0. The van der Waals surface area contributed by atoms with Gasteiger partial charge in [0, 0.05) is 47.0 Å². The highest BCUT2D eigenvalue weighted by atomic mass is 16.3. The Labute approximate surface area is 280 Å². The normalized spacial score (nSPS) is 16.6. The molecule has 0 atom stereocenters. The van der Waals surface area contributed by atoms with Crippen LogP contribution in [-0.4, -0.2) is 14.1 Å². The largest absolute Gasteiger partial charge is 0.454 e. The zero-order chi connectivity index (χ0) is 32.2. The van der Waals surface area contributed by atoms with E-state index < -0.39 is 0 Å². The van der Waals surface area contributed by atoms with E-state index in [1.54, 1.807) is 0 Å². The first kappa shape index (κ1) is 28.7. The van der Waals surface area contributed by atoms with E-state index in [4.69, 9.17) is 8.83 Å². The summed E-state index contributed by atoms with van der Waals surface area (Å²) in [5, 5.41) is 4.64. The number of nitrogens with zero attached hydrogens (tertiary/aromatic N) is 2. The van der Waals surface area contributed by atoms with Gasteiger partial charge in [0.05, 0.1) is 11.4 Å². The van der Waals surface area contributed by atoms with Crippen molar-refractivity contribution in [3.8, 4) is 0 Å². The van der Waals surface area contributed by atoms with Gasteiger partial charge in [0.15, 0.2) is 11.2 Å². The maximum atomic E-state index is 6.41. The van der Waals surface area contributed by atoms with Crippen molar-refractivity contribution in [3.63, 3.8) is 0 Å². The lowest BCUT2D eigenvalue weighted by Gasteiger charge is -2.32. The van der Waals surface area contributed by atoms with Gasteiger partial charge in [-0.25, -0.2) is 0 Å². The molecule has 6 aromatic carbocycles. The Kier molecular flexibility index (Phi) is 6.97. The molecule has 0 saturated heterocycles. The molecule has 2 aromatic heterocycles. The minimum atomic E-state index is 0.520. The van der Waals surface area contributed by atoms with E-state index in [9.17, 15) is 0 Å². The smallest absolute Gasteiger partial charge is 0.159 e. The van der Waals surface area contributed by atoms with Crippen molar-refractivity contribution in [1.29, 1.82) is 0 Å². The molecule has 8 aromatic rings. The van der Waals surface area contributed by atoms with Gasteiger partial charge in [-0.15, -0.1) is 0 Å². The van der Waals surface area contributed by atoms with Gasteiger partial charge >= 0.3 is 0 Å². The predicted octanol–water partition coefficient (Wildman–Crippen LogP) is 12.5. The first-order chi connectivity index (χ1) is 23.6. The maximum Gasteiger partial charge on any atom is 0.159 e. The Morgan fingerprint density at radius 3 is 1.62 bits per heavy atom. The number of rotatable bonds is 6. The molecule has 2 heterocycles. The second kappa shape index (κ2) is 11.6. The van der Waals surface area contributed by atoms with Gasteiger partial charge in [-0.05, 0) is 91.1 Å². The van der Waals surface area contributed by atoms with Crippen LogP contribution >= 0.6 is 0 Å². The van der Waals surface area contributed by atoms with Crippen LogP contribution in [0.5, 0.6) is 0 Å². The van der Waals surface area contributed by atoms with Crippen LogP contribution in [0.15, 0.2) is 142 Å². The summed E-state index contributed by atoms with van der Waals surface area (Å²) < 4.78 is 12.8. The van der Waals surface area contributed by atoms with Gasteiger partial charge in [0.2, 0.25) is 0 Å². The summed E-state index contributed by atoms with van der Waals surface area (Å²) in [6.07, 6.45) is 4.69. The molecule has 4 heteroatoms. The molecule has 236 valence electrons. The Morgan fingerprint density at radius 1 is 0.458 bits per heavy atom. The molecule has 9 rings (SSSR count). The number of benzene rings is 6. The standard InChI is InChI=1S/C44H38N2O2/c1-45(39-20-10-17-36-34-15-4-7-22-41(34)47-43(36)39)32-13-9-12-31(28-32)29-24-26-30(27-25-29)33-14-3-6-19-38(33)46(2)40-21-11-18-37-35-16-5-8-23-42(35)48-44(37)40/h3-23,28-30H,24-27H2,1-2H3. The van der Waals surface area contributed by atoms with Crippen molar-refractivity contribution in [2.75, 3.05) is 23.9 Å². The van der Waals surface area contributed by atoms with E-state index in [0.717, 1.165) is 55.3 Å². The van der Waals surface area contributed by atoms with Crippen LogP contribution in [-0.2, 0) is 0 Å². The zero-order valence-corrected chi connectivity index (χ0v) is 27.4. The Balaban J connectivity index is 0.959. The molecule has 0 amide bonds. The van der Waals surface area contributed by atoms with E-state index in [2.05, 4.69) is 139 Å². The molecule has 1 saturated carbocycles. The molecule has 1 aliphatic rings. The molecule has 0 unspecified atom stereocenters. The number of anilines is 4. The fraction of sp³-hybridized carbons (Fsp3) is 0.182. The lowest BCUT2D eigenvalue weighted by atomic mass is 9.75. The van der Waals surface area contributed by atoms with Crippen molar-refractivity contribution >= 4 is 66.6 Å². The van der Waals surface area contributed by atoms with Crippen molar-refractivity contribution in [2.45, 2.75) is 37.5 Å². The molecule has 4 nitrogen and oxygen atoms in total. The lowest BCUT2D eigenvalue weighted by molar-refractivity contribution is 0.397. The third kappa shape index (κ3) is 4.74. The minimum absolute atomic E-state index is 0.520. The minimum Gasteiger partial charge on any atom is -0.454 e. The lowest BCUT2D eigenvalue weighted by Crippen LogP contribution is -2.17. The van der Waals surface area contributed by atoms with Gasteiger partial charge in [-0.1, -0.05) is 91.0 Å². The molecule has 0 aliphatic heterocycles. The summed E-state index contributed by atoms with van der Waals surface area (Å²) in [4.78, 5) is 4.60. The van der Waals surface area contributed by atoms with E-state index in [1.807, 2.05) is 18.2 Å². The van der Waals surface area contributed by atoms with Crippen LogP contribution in [0.3, 0.4) is 0 Å². The maximum absolute atomic E-state index is 6.41. The highest BCUT2D eigenvalue weighted by Crippen LogP contribution is 2.46. The van der Waals surface area contributed by atoms with Crippen LogP contribution in [0.4, 0.5) is 22.7 Å².